The lowest BCUT2D eigenvalue weighted by Gasteiger charge is -2.11. The average Bonchev–Trinajstić information content (AvgIpc) is 2.85. The van der Waals surface area contributed by atoms with Crippen LogP contribution in [0.5, 0.6) is 0 Å². The van der Waals surface area contributed by atoms with Crippen molar-refractivity contribution in [1.29, 1.82) is 5.26 Å². The van der Waals surface area contributed by atoms with Crippen molar-refractivity contribution in [3.63, 3.8) is 0 Å². The fourth-order valence-electron chi connectivity index (χ4n) is 1.77. The maximum absolute atomic E-state index is 12.7. The fraction of sp³-hybridized carbons (Fsp3) is 0.143. The molecule has 21 heavy (non-hydrogen) atoms. The Labute approximate surface area is 127 Å². The summed E-state index contributed by atoms with van der Waals surface area (Å²) in [6.45, 7) is 0. The maximum atomic E-state index is 12.7. The largest absolute Gasteiger partial charge is 0.416 e. The highest BCUT2D eigenvalue weighted by Gasteiger charge is 2.32. The minimum atomic E-state index is -4.52. The fourth-order valence-corrected chi connectivity index (χ4v) is 2.78. The molecule has 0 spiro atoms. The first-order valence-electron chi connectivity index (χ1n) is 5.69. The Hall–Kier alpha value is -1.84. The summed E-state index contributed by atoms with van der Waals surface area (Å²) in [5, 5.41) is 9.13. The van der Waals surface area contributed by atoms with Gasteiger partial charge in [0.1, 0.15) is 5.92 Å². The maximum Gasteiger partial charge on any atom is 0.416 e. The van der Waals surface area contributed by atoms with E-state index >= 15 is 0 Å². The summed E-state index contributed by atoms with van der Waals surface area (Å²) in [6.07, 6.45) is -4.52. The summed E-state index contributed by atoms with van der Waals surface area (Å²) >= 11 is 6.70. The number of benzene rings is 1. The van der Waals surface area contributed by atoms with Gasteiger partial charge in [-0.15, -0.1) is 11.3 Å². The Morgan fingerprint density at radius 1 is 1.29 bits per heavy atom. The van der Waals surface area contributed by atoms with Crippen LogP contribution in [-0.4, -0.2) is 5.78 Å². The molecule has 1 aromatic carbocycles. The molecule has 108 valence electrons. The van der Waals surface area contributed by atoms with Crippen molar-refractivity contribution < 1.29 is 18.0 Å². The molecular weight excluding hydrogens is 323 g/mol. The number of ketones is 1. The van der Waals surface area contributed by atoms with Crippen LogP contribution < -0.4 is 0 Å². The number of carbonyl (C=O) groups excluding carboxylic acids is 1. The molecule has 0 bridgehead atoms. The van der Waals surface area contributed by atoms with Gasteiger partial charge in [0.25, 0.3) is 0 Å². The van der Waals surface area contributed by atoms with Crippen molar-refractivity contribution in [3.8, 4) is 6.07 Å². The number of carbonyl (C=O) groups is 1. The SMILES string of the molecule is N#CC(C(=O)c1ccc(Cl)s1)c1cccc(C(F)(F)F)c1. The molecule has 0 saturated heterocycles. The smallest absolute Gasteiger partial charge is 0.291 e. The number of thiophene rings is 1. The predicted molar refractivity (Wildman–Crippen MR) is 73.5 cm³/mol. The summed E-state index contributed by atoms with van der Waals surface area (Å²) < 4.78 is 38.4. The van der Waals surface area contributed by atoms with Gasteiger partial charge < -0.3 is 0 Å². The Bertz CT molecular complexity index is 717. The molecule has 7 heteroatoms. The monoisotopic (exact) mass is 329 g/mol. The van der Waals surface area contributed by atoms with Crippen molar-refractivity contribution in [2.45, 2.75) is 12.1 Å². The molecule has 0 aliphatic rings. The van der Waals surface area contributed by atoms with Crippen LogP contribution in [0.15, 0.2) is 36.4 Å². The molecule has 2 nitrogen and oxygen atoms in total. The van der Waals surface area contributed by atoms with Crippen LogP contribution in [0, 0.1) is 11.3 Å². The topological polar surface area (TPSA) is 40.9 Å². The van der Waals surface area contributed by atoms with E-state index in [1.165, 1.54) is 24.3 Å². The third-order valence-corrected chi connectivity index (χ3v) is 4.00. The second-order valence-electron chi connectivity index (χ2n) is 4.15. The molecule has 1 unspecified atom stereocenters. The van der Waals surface area contributed by atoms with E-state index in [0.29, 0.717) is 4.34 Å². The van der Waals surface area contributed by atoms with Crippen LogP contribution in [0.2, 0.25) is 4.34 Å². The van der Waals surface area contributed by atoms with Crippen molar-refractivity contribution >= 4 is 28.7 Å². The molecule has 0 N–H and O–H groups in total. The minimum Gasteiger partial charge on any atom is -0.291 e. The Kier molecular flexibility index (Phi) is 4.35. The van der Waals surface area contributed by atoms with Gasteiger partial charge in [0, 0.05) is 0 Å². The summed E-state index contributed by atoms with van der Waals surface area (Å²) in [6, 6.07) is 8.92. The van der Waals surface area contributed by atoms with Crippen molar-refractivity contribution in [3.05, 3.63) is 56.7 Å². The third kappa shape index (κ3) is 3.43. The molecule has 1 atom stereocenters. The van der Waals surface area contributed by atoms with Crippen LogP contribution in [0.1, 0.15) is 26.7 Å². The lowest BCUT2D eigenvalue weighted by atomic mass is 9.94. The van der Waals surface area contributed by atoms with Crippen LogP contribution in [0.4, 0.5) is 13.2 Å². The van der Waals surface area contributed by atoms with E-state index < -0.39 is 23.4 Å². The molecule has 0 radical (unpaired) electrons. The highest BCUT2D eigenvalue weighted by molar-refractivity contribution is 7.18. The number of alkyl halides is 3. The van der Waals surface area contributed by atoms with E-state index in [9.17, 15) is 18.0 Å². The van der Waals surface area contributed by atoms with Gasteiger partial charge in [0.15, 0.2) is 5.78 Å². The number of nitrogens with zero attached hydrogens (tertiary/aromatic N) is 1. The number of hydrogen-bond donors (Lipinski definition) is 0. The van der Waals surface area contributed by atoms with E-state index in [2.05, 4.69) is 0 Å². The molecule has 0 aliphatic heterocycles. The lowest BCUT2D eigenvalue weighted by Crippen LogP contribution is -2.12. The number of halogens is 4. The number of hydrogen-bond acceptors (Lipinski definition) is 3. The van der Waals surface area contributed by atoms with E-state index in [4.69, 9.17) is 16.9 Å². The molecule has 1 aromatic heterocycles. The highest BCUT2D eigenvalue weighted by atomic mass is 35.5. The van der Waals surface area contributed by atoms with Crippen molar-refractivity contribution in [2.75, 3.05) is 0 Å². The standard InChI is InChI=1S/C14H7ClF3NOS/c15-12-5-4-11(21-12)13(20)10(7-19)8-2-1-3-9(6-8)14(16,17)18/h1-6,10H. The first-order valence-corrected chi connectivity index (χ1v) is 6.88. The van der Waals surface area contributed by atoms with E-state index in [1.54, 1.807) is 6.07 Å². The van der Waals surface area contributed by atoms with Gasteiger partial charge in [-0.25, -0.2) is 0 Å². The van der Waals surface area contributed by atoms with Crippen molar-refractivity contribution in [1.82, 2.24) is 0 Å². The van der Waals surface area contributed by atoms with Gasteiger partial charge in [0.2, 0.25) is 0 Å². The molecule has 0 aliphatic carbocycles. The quantitative estimate of drug-likeness (QED) is 0.751. The zero-order valence-corrected chi connectivity index (χ0v) is 11.9. The van der Waals surface area contributed by atoms with E-state index in [1.807, 2.05) is 0 Å². The van der Waals surface area contributed by atoms with Gasteiger partial charge in [-0.2, -0.15) is 18.4 Å². The summed E-state index contributed by atoms with van der Waals surface area (Å²) in [5.74, 6) is -1.85. The zero-order chi connectivity index (χ0) is 15.6. The predicted octanol–water partition coefficient (Wildman–Crippen LogP) is 4.91. The number of rotatable bonds is 3. The highest BCUT2D eigenvalue weighted by Crippen LogP contribution is 2.33. The van der Waals surface area contributed by atoms with Crippen LogP contribution >= 0.6 is 22.9 Å². The van der Waals surface area contributed by atoms with Gasteiger partial charge in [-0.05, 0) is 23.8 Å². The Morgan fingerprint density at radius 3 is 2.52 bits per heavy atom. The lowest BCUT2D eigenvalue weighted by molar-refractivity contribution is -0.137. The van der Waals surface area contributed by atoms with Crippen LogP contribution in [0.25, 0.3) is 0 Å². The molecule has 2 rings (SSSR count). The van der Waals surface area contributed by atoms with Crippen LogP contribution in [-0.2, 0) is 6.18 Å². The Balaban J connectivity index is 2.39. The number of nitriles is 1. The summed E-state index contributed by atoms with van der Waals surface area (Å²) in [4.78, 5) is 12.4. The first kappa shape index (κ1) is 15.5. The van der Waals surface area contributed by atoms with Crippen molar-refractivity contribution in [2.24, 2.45) is 0 Å². The van der Waals surface area contributed by atoms with Crippen LogP contribution in [0.3, 0.4) is 0 Å². The minimum absolute atomic E-state index is 0.0156. The van der Waals surface area contributed by atoms with Gasteiger partial charge in [-0.1, -0.05) is 29.8 Å². The van der Waals surface area contributed by atoms with Gasteiger partial charge in [-0.3, -0.25) is 4.79 Å². The second-order valence-corrected chi connectivity index (χ2v) is 5.87. The molecule has 0 saturated carbocycles. The molecule has 1 heterocycles. The average molecular weight is 330 g/mol. The molecular formula is C14H7ClF3NOS. The summed E-state index contributed by atoms with van der Waals surface area (Å²) in [5.41, 5.74) is -0.876. The second kappa shape index (κ2) is 5.88. The first-order chi connectivity index (χ1) is 9.82. The van der Waals surface area contributed by atoms with E-state index in [0.717, 1.165) is 23.5 Å². The molecule has 0 fully saturated rings. The number of Topliss-reactive ketones (excluding diaryl/α,β-unsaturated/α-hetero) is 1. The Morgan fingerprint density at radius 2 is 2.00 bits per heavy atom. The normalized spacial score (nSPS) is 12.7. The van der Waals surface area contributed by atoms with Gasteiger partial charge >= 0.3 is 6.18 Å². The molecule has 0 amide bonds. The molecule has 2 aromatic rings. The third-order valence-electron chi connectivity index (χ3n) is 2.75. The summed E-state index contributed by atoms with van der Waals surface area (Å²) in [7, 11) is 0. The zero-order valence-electron chi connectivity index (χ0n) is 10.3. The van der Waals surface area contributed by atoms with Gasteiger partial charge in [0.05, 0.1) is 20.8 Å². The van der Waals surface area contributed by atoms with E-state index in [-0.39, 0.29) is 10.4 Å².